The zero-order valence-corrected chi connectivity index (χ0v) is 21.8. The van der Waals surface area contributed by atoms with Gasteiger partial charge in [-0.2, -0.15) is 5.10 Å². The molecule has 0 aliphatic heterocycles. The van der Waals surface area contributed by atoms with E-state index in [0.717, 1.165) is 33.3 Å². The van der Waals surface area contributed by atoms with Crippen molar-refractivity contribution in [3.05, 3.63) is 118 Å². The third-order valence-corrected chi connectivity index (χ3v) is 8.00. The molecule has 0 radical (unpaired) electrons. The maximum atomic E-state index is 12.8. The molecule has 5 aromatic rings. The predicted octanol–water partition coefficient (Wildman–Crippen LogP) is 6.14. The van der Waals surface area contributed by atoms with Gasteiger partial charge in [-0.25, -0.2) is 13.1 Å². The topological polar surface area (TPSA) is 81.1 Å². The lowest BCUT2D eigenvalue weighted by atomic mass is 10.0. The highest BCUT2D eigenvalue weighted by Crippen LogP contribution is 2.27. The second-order valence-corrected chi connectivity index (χ2v) is 11.0. The van der Waals surface area contributed by atoms with Gasteiger partial charge in [0.1, 0.15) is 0 Å². The van der Waals surface area contributed by atoms with E-state index in [1.165, 1.54) is 12.1 Å². The van der Waals surface area contributed by atoms with E-state index in [4.69, 9.17) is 11.6 Å². The third-order valence-electron chi connectivity index (χ3n) is 6.30. The van der Waals surface area contributed by atoms with Gasteiger partial charge in [-0.15, -0.1) is 0 Å². The molecular weight excluding hydrogens is 506 g/mol. The number of sulfonamides is 1. The van der Waals surface area contributed by atoms with E-state index in [0.29, 0.717) is 17.1 Å². The number of nitrogens with one attached hydrogen (secondary N) is 1. The number of aromatic nitrogens is 2. The number of fused-ring (bicyclic) bond motifs is 1. The third kappa shape index (κ3) is 5.14. The van der Waals surface area contributed by atoms with Crippen molar-refractivity contribution >= 4 is 38.4 Å². The first-order valence-electron chi connectivity index (χ1n) is 11.7. The van der Waals surface area contributed by atoms with Crippen LogP contribution in [0.15, 0.2) is 95.9 Å². The number of aryl methyl sites for hydroxylation is 2. The number of carbonyl (C=O) groups is 1. The van der Waals surface area contributed by atoms with E-state index in [1.807, 2.05) is 67.1 Å². The van der Waals surface area contributed by atoms with Gasteiger partial charge in [0.25, 0.3) is 15.9 Å². The Bertz CT molecular complexity index is 1730. The molecule has 0 saturated carbocycles. The van der Waals surface area contributed by atoms with Crippen LogP contribution in [-0.4, -0.2) is 24.1 Å². The first-order valence-corrected chi connectivity index (χ1v) is 13.5. The molecule has 4 aromatic carbocycles. The molecule has 1 amide bonds. The highest BCUT2D eigenvalue weighted by molar-refractivity contribution is 7.90. The maximum absolute atomic E-state index is 12.8. The number of amides is 1. The molecule has 0 fully saturated rings. The van der Waals surface area contributed by atoms with E-state index in [2.05, 4.69) is 9.82 Å². The lowest BCUT2D eigenvalue weighted by Gasteiger charge is -2.09. The van der Waals surface area contributed by atoms with Crippen molar-refractivity contribution < 1.29 is 13.2 Å². The number of nitrogens with zero attached hydrogens (tertiary/aromatic N) is 2. The second kappa shape index (κ2) is 9.84. The summed E-state index contributed by atoms with van der Waals surface area (Å²) in [7, 11) is -3.99. The molecule has 8 heteroatoms. The predicted molar refractivity (Wildman–Crippen MR) is 146 cm³/mol. The Morgan fingerprint density at radius 2 is 1.62 bits per heavy atom. The van der Waals surface area contributed by atoms with Crippen molar-refractivity contribution in [1.82, 2.24) is 14.5 Å². The van der Waals surface area contributed by atoms with E-state index >= 15 is 0 Å². The van der Waals surface area contributed by atoms with E-state index in [-0.39, 0.29) is 10.5 Å². The summed E-state index contributed by atoms with van der Waals surface area (Å²) in [6, 6.07) is 27.3. The van der Waals surface area contributed by atoms with Crippen molar-refractivity contribution in [2.75, 3.05) is 0 Å². The zero-order chi connectivity index (χ0) is 26.2. The van der Waals surface area contributed by atoms with Gasteiger partial charge in [0, 0.05) is 21.7 Å². The molecule has 0 spiro atoms. The molecule has 6 nitrogen and oxygen atoms in total. The van der Waals surface area contributed by atoms with Crippen LogP contribution in [0.5, 0.6) is 0 Å². The largest absolute Gasteiger partial charge is 0.268 e. The van der Waals surface area contributed by atoms with Crippen LogP contribution in [-0.2, 0) is 16.6 Å². The number of hydrogen-bond acceptors (Lipinski definition) is 4. The fourth-order valence-electron chi connectivity index (χ4n) is 4.16. The lowest BCUT2D eigenvalue weighted by Crippen LogP contribution is -2.30. The summed E-state index contributed by atoms with van der Waals surface area (Å²) in [5.41, 5.74) is 5.68. The summed E-state index contributed by atoms with van der Waals surface area (Å²) >= 11 is 6.62. The minimum Gasteiger partial charge on any atom is -0.268 e. The SMILES string of the molecule is Cc1ccc(S(=O)(=O)NC(=O)c2ccc3c(C)n(Cc4ccc(-c5ccccc5)cc4Cl)nc3c2)cc1. The quantitative estimate of drug-likeness (QED) is 0.286. The molecule has 0 saturated heterocycles. The van der Waals surface area contributed by atoms with Gasteiger partial charge in [-0.05, 0) is 60.9 Å². The molecule has 5 rings (SSSR count). The molecule has 0 unspecified atom stereocenters. The van der Waals surface area contributed by atoms with Gasteiger partial charge in [0.2, 0.25) is 0 Å². The number of benzene rings is 4. The van der Waals surface area contributed by atoms with Gasteiger partial charge in [0.05, 0.1) is 17.0 Å². The Morgan fingerprint density at radius 1 is 0.892 bits per heavy atom. The van der Waals surface area contributed by atoms with Crippen LogP contribution in [0.4, 0.5) is 0 Å². The number of carbonyl (C=O) groups excluding carboxylic acids is 1. The van der Waals surface area contributed by atoms with E-state index < -0.39 is 15.9 Å². The van der Waals surface area contributed by atoms with Crippen molar-refractivity contribution in [2.45, 2.75) is 25.3 Å². The molecule has 1 N–H and O–H groups in total. The molecule has 37 heavy (non-hydrogen) atoms. The Morgan fingerprint density at radius 3 is 2.32 bits per heavy atom. The highest BCUT2D eigenvalue weighted by atomic mass is 35.5. The second-order valence-electron chi connectivity index (χ2n) is 8.89. The standard InChI is InChI=1S/C29H24ClN3O3S/c1-19-8-13-25(14-9-19)37(35,36)32-29(34)23-12-15-26-20(2)33(31-28(26)17-23)18-24-11-10-22(16-27(24)30)21-6-4-3-5-7-21/h3-17H,18H2,1-2H3,(H,32,34). The van der Waals surface area contributed by atoms with Crippen LogP contribution in [0.1, 0.15) is 27.2 Å². The number of halogens is 1. The molecule has 186 valence electrons. The van der Waals surface area contributed by atoms with Gasteiger partial charge in [0.15, 0.2) is 0 Å². The Balaban J connectivity index is 1.38. The van der Waals surface area contributed by atoms with E-state index in [9.17, 15) is 13.2 Å². The van der Waals surface area contributed by atoms with Crippen LogP contribution in [0.3, 0.4) is 0 Å². The molecule has 0 aliphatic carbocycles. The molecule has 0 bridgehead atoms. The summed E-state index contributed by atoms with van der Waals surface area (Å²) < 4.78 is 29.2. The Hall–Kier alpha value is -3.94. The summed E-state index contributed by atoms with van der Waals surface area (Å²) in [6.45, 7) is 4.26. The Labute approximate surface area is 220 Å². The summed E-state index contributed by atoms with van der Waals surface area (Å²) in [5, 5.41) is 6.18. The van der Waals surface area contributed by atoms with Crippen LogP contribution >= 0.6 is 11.6 Å². The van der Waals surface area contributed by atoms with Gasteiger partial charge in [-0.3, -0.25) is 9.48 Å². The van der Waals surface area contributed by atoms with Crippen LogP contribution in [0.2, 0.25) is 5.02 Å². The lowest BCUT2D eigenvalue weighted by molar-refractivity contribution is 0.0981. The molecule has 0 atom stereocenters. The van der Waals surface area contributed by atoms with Crippen LogP contribution in [0.25, 0.3) is 22.0 Å². The van der Waals surface area contributed by atoms with Gasteiger partial charge < -0.3 is 0 Å². The van der Waals surface area contributed by atoms with Crippen molar-refractivity contribution in [1.29, 1.82) is 0 Å². The zero-order valence-electron chi connectivity index (χ0n) is 20.3. The summed E-state index contributed by atoms with van der Waals surface area (Å²) in [6.07, 6.45) is 0. The highest BCUT2D eigenvalue weighted by Gasteiger charge is 2.20. The van der Waals surface area contributed by atoms with Crippen molar-refractivity contribution in [2.24, 2.45) is 0 Å². The smallest absolute Gasteiger partial charge is 0.265 e. The van der Waals surface area contributed by atoms with Crippen LogP contribution < -0.4 is 4.72 Å². The number of rotatable bonds is 6. The maximum Gasteiger partial charge on any atom is 0.265 e. The Kier molecular flexibility index (Phi) is 6.58. The molecule has 1 aromatic heterocycles. The number of hydrogen-bond donors (Lipinski definition) is 1. The van der Waals surface area contributed by atoms with Crippen molar-refractivity contribution in [3.63, 3.8) is 0 Å². The van der Waals surface area contributed by atoms with Gasteiger partial charge >= 0.3 is 0 Å². The summed E-state index contributed by atoms with van der Waals surface area (Å²) in [5.74, 6) is -0.714. The fourth-order valence-corrected chi connectivity index (χ4v) is 5.38. The summed E-state index contributed by atoms with van der Waals surface area (Å²) in [4.78, 5) is 12.8. The first kappa shape index (κ1) is 24.7. The van der Waals surface area contributed by atoms with Gasteiger partial charge in [-0.1, -0.05) is 77.8 Å². The van der Waals surface area contributed by atoms with Crippen molar-refractivity contribution in [3.8, 4) is 11.1 Å². The molecule has 1 heterocycles. The average Bonchev–Trinajstić information content (AvgIpc) is 3.20. The van der Waals surface area contributed by atoms with E-state index in [1.54, 1.807) is 30.3 Å². The molecule has 0 aliphatic rings. The minimum atomic E-state index is -3.99. The average molecular weight is 530 g/mol. The monoisotopic (exact) mass is 529 g/mol. The first-order chi connectivity index (χ1) is 17.7. The normalized spacial score (nSPS) is 11.5. The minimum absolute atomic E-state index is 0.0304. The molecular formula is C29H24ClN3O3S. The van der Waals surface area contributed by atoms with Crippen LogP contribution in [0, 0.1) is 13.8 Å². The fraction of sp³-hybridized carbons (Fsp3) is 0.103.